The Bertz CT molecular complexity index is 795. The van der Waals surface area contributed by atoms with E-state index in [2.05, 4.69) is 4.98 Å². The van der Waals surface area contributed by atoms with Gasteiger partial charge in [-0.3, -0.25) is 0 Å². The number of halogens is 3. The van der Waals surface area contributed by atoms with Crippen LogP contribution in [-0.4, -0.2) is 33.8 Å². The van der Waals surface area contributed by atoms with Crippen LogP contribution in [0.5, 0.6) is 0 Å². The zero-order chi connectivity index (χ0) is 18.2. The van der Waals surface area contributed by atoms with Crippen molar-refractivity contribution in [3.8, 4) is 0 Å². The van der Waals surface area contributed by atoms with Gasteiger partial charge in [-0.15, -0.1) is 0 Å². The van der Waals surface area contributed by atoms with Crippen LogP contribution in [0.4, 0.5) is 19.0 Å². The average molecular weight is 352 g/mol. The number of pyridine rings is 1. The molecule has 2 aromatic rings. The number of hydrogen-bond acceptors (Lipinski definition) is 4. The highest BCUT2D eigenvalue weighted by Crippen LogP contribution is 2.38. The lowest BCUT2D eigenvalue weighted by Crippen LogP contribution is -2.26. The Hall–Kier alpha value is -2.61. The summed E-state index contributed by atoms with van der Waals surface area (Å²) in [7, 11) is 0. The minimum Gasteiger partial charge on any atom is -0.477 e. The van der Waals surface area contributed by atoms with E-state index >= 15 is 0 Å². The number of carbonyl (C=O) groups is 1. The van der Waals surface area contributed by atoms with Gasteiger partial charge in [0.25, 0.3) is 0 Å². The summed E-state index contributed by atoms with van der Waals surface area (Å²) in [6.07, 6.45) is -4.96. The smallest absolute Gasteiger partial charge is 0.416 e. The topological polar surface area (TPSA) is 73.7 Å². The summed E-state index contributed by atoms with van der Waals surface area (Å²) in [6.45, 7) is 0.164. The molecule has 0 amide bonds. The van der Waals surface area contributed by atoms with E-state index in [9.17, 15) is 23.1 Å². The first-order valence-electron chi connectivity index (χ1n) is 7.58. The van der Waals surface area contributed by atoms with Gasteiger partial charge in [0.05, 0.1) is 17.7 Å². The van der Waals surface area contributed by atoms with Crippen LogP contribution in [0.3, 0.4) is 0 Å². The second-order valence-corrected chi connectivity index (χ2v) is 5.87. The molecule has 2 heterocycles. The van der Waals surface area contributed by atoms with Gasteiger partial charge in [0.15, 0.2) is 5.69 Å². The van der Waals surface area contributed by atoms with Crippen molar-refractivity contribution in [3.63, 3.8) is 0 Å². The zero-order valence-electron chi connectivity index (χ0n) is 12.9. The number of carboxylic acid groups (broad SMARTS) is 1. The lowest BCUT2D eigenvalue weighted by molar-refractivity contribution is -0.137. The molecule has 1 aliphatic rings. The Morgan fingerprint density at radius 1 is 1.20 bits per heavy atom. The molecule has 1 aliphatic heterocycles. The van der Waals surface area contributed by atoms with E-state index in [-0.39, 0.29) is 18.7 Å². The highest BCUT2D eigenvalue weighted by Gasteiger charge is 2.36. The van der Waals surface area contributed by atoms with Crippen molar-refractivity contribution < 1.29 is 28.2 Å². The second-order valence-electron chi connectivity index (χ2n) is 5.87. The van der Waals surface area contributed by atoms with Crippen LogP contribution < -0.4 is 4.90 Å². The number of benzene rings is 1. The molecule has 1 aromatic heterocycles. The normalized spacial score (nSPS) is 20.7. The Labute approximate surface area is 141 Å². The second kappa shape index (κ2) is 6.36. The molecule has 0 aliphatic carbocycles. The maximum absolute atomic E-state index is 13.0. The number of rotatable bonds is 3. The number of β-amino-alcohol motifs (C(OH)–C–C–N with tert-alkyl or cyclic N) is 1. The number of nitrogens with zero attached hydrogens (tertiary/aromatic N) is 2. The van der Waals surface area contributed by atoms with Crippen molar-refractivity contribution in [2.45, 2.75) is 24.7 Å². The predicted molar refractivity (Wildman–Crippen MR) is 83.4 cm³/mol. The molecular formula is C17H15F3N2O3. The minimum absolute atomic E-state index is 0.164. The van der Waals surface area contributed by atoms with Gasteiger partial charge in [0.2, 0.25) is 0 Å². The van der Waals surface area contributed by atoms with Crippen molar-refractivity contribution in [3.05, 3.63) is 59.3 Å². The molecule has 8 heteroatoms. The Kier molecular flexibility index (Phi) is 4.38. The molecule has 2 atom stereocenters. The van der Waals surface area contributed by atoms with Crippen molar-refractivity contribution >= 4 is 11.8 Å². The monoisotopic (exact) mass is 352 g/mol. The summed E-state index contributed by atoms with van der Waals surface area (Å²) in [5, 5.41) is 19.0. The number of aromatic nitrogens is 1. The number of aliphatic hydroxyl groups is 1. The lowest BCUT2D eigenvalue weighted by atomic mass is 10.0. The van der Waals surface area contributed by atoms with Crippen molar-refractivity contribution in [1.82, 2.24) is 4.98 Å². The van der Waals surface area contributed by atoms with E-state index < -0.39 is 29.9 Å². The fraction of sp³-hybridized carbons (Fsp3) is 0.294. The quantitative estimate of drug-likeness (QED) is 0.888. The molecule has 0 saturated carbocycles. The van der Waals surface area contributed by atoms with Gasteiger partial charge < -0.3 is 15.1 Å². The summed E-state index contributed by atoms with van der Waals surface area (Å²) < 4.78 is 38.9. The zero-order valence-corrected chi connectivity index (χ0v) is 12.9. The molecule has 0 spiro atoms. The maximum Gasteiger partial charge on any atom is 0.416 e. The van der Waals surface area contributed by atoms with E-state index in [1.54, 1.807) is 17.0 Å². The molecule has 3 rings (SSSR count). The van der Waals surface area contributed by atoms with Crippen LogP contribution >= 0.6 is 0 Å². The number of anilines is 1. The Morgan fingerprint density at radius 2 is 1.92 bits per heavy atom. The highest BCUT2D eigenvalue weighted by atomic mass is 19.4. The van der Waals surface area contributed by atoms with Gasteiger partial charge in [0.1, 0.15) is 5.82 Å². The van der Waals surface area contributed by atoms with E-state index in [0.29, 0.717) is 11.4 Å². The van der Waals surface area contributed by atoms with Crippen molar-refractivity contribution in [2.24, 2.45) is 0 Å². The lowest BCUT2D eigenvalue weighted by Gasteiger charge is -2.26. The molecule has 2 N–H and O–H groups in total. The van der Waals surface area contributed by atoms with E-state index in [4.69, 9.17) is 5.11 Å². The van der Waals surface area contributed by atoms with Crippen LogP contribution in [0, 0.1) is 0 Å². The van der Waals surface area contributed by atoms with Crippen LogP contribution in [-0.2, 0) is 6.18 Å². The van der Waals surface area contributed by atoms with E-state index in [1.807, 2.05) is 0 Å². The third kappa shape index (κ3) is 3.58. The molecule has 1 saturated heterocycles. The first kappa shape index (κ1) is 17.2. The summed E-state index contributed by atoms with van der Waals surface area (Å²) >= 11 is 0. The van der Waals surface area contributed by atoms with Crippen molar-refractivity contribution in [2.75, 3.05) is 11.4 Å². The van der Waals surface area contributed by atoms with Gasteiger partial charge in [-0.05, 0) is 36.2 Å². The molecule has 25 heavy (non-hydrogen) atoms. The van der Waals surface area contributed by atoms with Crippen LogP contribution in [0.15, 0.2) is 42.5 Å². The summed E-state index contributed by atoms with van der Waals surface area (Å²) in [5.74, 6) is -0.893. The number of hydrogen-bond donors (Lipinski definition) is 2. The first-order valence-corrected chi connectivity index (χ1v) is 7.58. The van der Waals surface area contributed by atoms with Crippen LogP contribution in [0.25, 0.3) is 0 Å². The van der Waals surface area contributed by atoms with Crippen LogP contribution in [0.1, 0.15) is 34.1 Å². The minimum atomic E-state index is -4.46. The number of aliphatic hydroxyl groups excluding tert-OH is 1. The predicted octanol–water partition coefficient (Wildman–Crippen LogP) is 3.11. The largest absolute Gasteiger partial charge is 0.477 e. The molecule has 1 fully saturated rings. The first-order chi connectivity index (χ1) is 11.8. The molecular weight excluding hydrogens is 337 g/mol. The van der Waals surface area contributed by atoms with Crippen molar-refractivity contribution in [1.29, 1.82) is 0 Å². The highest BCUT2D eigenvalue weighted by molar-refractivity contribution is 5.85. The van der Waals surface area contributed by atoms with Gasteiger partial charge >= 0.3 is 12.1 Å². The average Bonchev–Trinajstić information content (AvgIpc) is 2.96. The standard InChI is InChI=1S/C17H15F3N2O3/c18-17(19,20)11-4-1-3-10(7-11)14-8-12(23)9-22(14)15-6-2-5-13(21-15)16(24)25/h1-7,12,14,23H,8-9H2,(H,24,25). The number of aromatic carboxylic acids is 1. The summed E-state index contributed by atoms with van der Waals surface area (Å²) in [5.41, 5.74) is -0.533. The third-order valence-corrected chi connectivity index (χ3v) is 4.13. The fourth-order valence-corrected chi connectivity index (χ4v) is 3.01. The Morgan fingerprint density at radius 3 is 2.60 bits per heavy atom. The molecule has 1 aromatic carbocycles. The summed E-state index contributed by atoms with van der Waals surface area (Å²) in [6, 6.07) is 8.82. The third-order valence-electron chi connectivity index (χ3n) is 4.13. The van der Waals surface area contributed by atoms with Gasteiger partial charge in [-0.2, -0.15) is 13.2 Å². The molecule has 2 unspecified atom stereocenters. The number of carboxylic acids is 1. The SMILES string of the molecule is O=C(O)c1cccc(N2CC(O)CC2c2cccc(C(F)(F)F)c2)n1. The van der Waals surface area contributed by atoms with Gasteiger partial charge in [-0.25, -0.2) is 9.78 Å². The van der Waals surface area contributed by atoms with E-state index in [1.165, 1.54) is 18.2 Å². The Balaban J connectivity index is 1.98. The molecule has 5 nitrogen and oxygen atoms in total. The van der Waals surface area contributed by atoms with Gasteiger partial charge in [0, 0.05) is 6.54 Å². The summed E-state index contributed by atoms with van der Waals surface area (Å²) in [4.78, 5) is 16.7. The van der Waals surface area contributed by atoms with E-state index in [0.717, 1.165) is 12.1 Å². The number of alkyl halides is 3. The molecule has 0 bridgehead atoms. The molecule has 0 radical (unpaired) electrons. The van der Waals surface area contributed by atoms with Crippen LogP contribution in [0.2, 0.25) is 0 Å². The molecule has 132 valence electrons. The van der Waals surface area contributed by atoms with Gasteiger partial charge in [-0.1, -0.05) is 18.2 Å². The maximum atomic E-state index is 13.0. The fourth-order valence-electron chi connectivity index (χ4n) is 3.01.